The SMILES string of the molecule is Cc1ccncc1NC(=O)CC(c1ccsc1)N1CCC(O)CC1. The molecule has 3 heterocycles. The lowest BCUT2D eigenvalue weighted by molar-refractivity contribution is -0.117. The molecule has 128 valence electrons. The van der Waals surface area contributed by atoms with Crippen LogP contribution >= 0.6 is 11.3 Å². The first-order chi connectivity index (χ1) is 11.6. The number of anilines is 1. The highest BCUT2D eigenvalue weighted by atomic mass is 32.1. The van der Waals surface area contributed by atoms with Crippen molar-refractivity contribution in [1.82, 2.24) is 9.88 Å². The lowest BCUT2D eigenvalue weighted by Gasteiger charge is -2.35. The number of pyridine rings is 1. The normalized spacial score (nSPS) is 17.6. The molecule has 2 aromatic heterocycles. The molecule has 3 rings (SSSR count). The Morgan fingerprint density at radius 1 is 1.46 bits per heavy atom. The molecule has 2 N–H and O–H groups in total. The first-order valence-electron chi connectivity index (χ1n) is 8.28. The van der Waals surface area contributed by atoms with Crippen molar-refractivity contribution in [2.45, 2.75) is 38.3 Å². The zero-order valence-corrected chi connectivity index (χ0v) is 14.6. The Kier molecular flexibility index (Phi) is 5.60. The van der Waals surface area contributed by atoms with Gasteiger partial charge in [-0.25, -0.2) is 0 Å². The molecule has 0 bridgehead atoms. The maximum Gasteiger partial charge on any atom is 0.226 e. The quantitative estimate of drug-likeness (QED) is 0.874. The Bertz CT molecular complexity index is 667. The summed E-state index contributed by atoms with van der Waals surface area (Å²) in [5.74, 6) is -0.00609. The van der Waals surface area contributed by atoms with E-state index in [4.69, 9.17) is 0 Å². The van der Waals surface area contributed by atoms with Gasteiger partial charge in [0.15, 0.2) is 0 Å². The molecule has 0 aromatic carbocycles. The molecular weight excluding hydrogens is 322 g/mol. The van der Waals surface area contributed by atoms with E-state index < -0.39 is 0 Å². The van der Waals surface area contributed by atoms with Crippen LogP contribution in [0, 0.1) is 6.92 Å². The minimum atomic E-state index is -0.212. The van der Waals surface area contributed by atoms with Crippen molar-refractivity contribution < 1.29 is 9.90 Å². The Morgan fingerprint density at radius 3 is 2.92 bits per heavy atom. The minimum absolute atomic E-state index is 0.00609. The van der Waals surface area contributed by atoms with Crippen LogP contribution in [-0.4, -0.2) is 40.1 Å². The molecule has 24 heavy (non-hydrogen) atoms. The van der Waals surface area contributed by atoms with Gasteiger partial charge >= 0.3 is 0 Å². The first-order valence-corrected chi connectivity index (χ1v) is 9.22. The molecule has 1 aliphatic heterocycles. The van der Waals surface area contributed by atoms with Crippen molar-refractivity contribution in [2.24, 2.45) is 0 Å². The fourth-order valence-electron chi connectivity index (χ4n) is 3.09. The topological polar surface area (TPSA) is 65.5 Å². The first kappa shape index (κ1) is 17.1. The summed E-state index contributed by atoms with van der Waals surface area (Å²) in [6.45, 7) is 3.60. The molecule has 1 aliphatic rings. The number of rotatable bonds is 5. The van der Waals surface area contributed by atoms with Gasteiger partial charge in [-0.3, -0.25) is 14.7 Å². The Morgan fingerprint density at radius 2 is 2.25 bits per heavy atom. The second kappa shape index (κ2) is 7.88. The van der Waals surface area contributed by atoms with Crippen LogP contribution in [0.1, 0.15) is 36.4 Å². The second-order valence-electron chi connectivity index (χ2n) is 6.28. The number of likely N-dealkylation sites (tertiary alicyclic amines) is 1. The Labute approximate surface area is 146 Å². The van der Waals surface area contributed by atoms with E-state index in [1.165, 1.54) is 5.56 Å². The van der Waals surface area contributed by atoms with Crippen LogP contribution in [0.4, 0.5) is 5.69 Å². The third kappa shape index (κ3) is 4.20. The van der Waals surface area contributed by atoms with Crippen molar-refractivity contribution in [2.75, 3.05) is 18.4 Å². The van der Waals surface area contributed by atoms with Crippen LogP contribution in [-0.2, 0) is 4.79 Å². The average Bonchev–Trinajstić information content (AvgIpc) is 3.10. The predicted octanol–water partition coefficient (Wildman–Crippen LogP) is 2.98. The lowest BCUT2D eigenvalue weighted by Crippen LogP contribution is -2.39. The molecule has 0 aliphatic carbocycles. The van der Waals surface area contributed by atoms with E-state index >= 15 is 0 Å². The Hall–Kier alpha value is -1.76. The number of nitrogens with one attached hydrogen (secondary N) is 1. The molecule has 1 unspecified atom stereocenters. The van der Waals surface area contributed by atoms with E-state index in [1.54, 1.807) is 23.7 Å². The molecule has 5 nitrogen and oxygen atoms in total. The minimum Gasteiger partial charge on any atom is -0.393 e. The van der Waals surface area contributed by atoms with Gasteiger partial charge in [-0.05, 0) is 53.8 Å². The maximum absolute atomic E-state index is 12.6. The van der Waals surface area contributed by atoms with Crippen molar-refractivity contribution in [3.63, 3.8) is 0 Å². The highest BCUT2D eigenvalue weighted by Gasteiger charge is 2.27. The number of aryl methyl sites for hydroxylation is 1. The number of thiophene rings is 1. The predicted molar refractivity (Wildman–Crippen MR) is 96.1 cm³/mol. The number of carbonyl (C=O) groups excluding carboxylic acids is 1. The van der Waals surface area contributed by atoms with Gasteiger partial charge < -0.3 is 10.4 Å². The van der Waals surface area contributed by atoms with Crippen LogP contribution in [0.15, 0.2) is 35.3 Å². The van der Waals surface area contributed by atoms with Crippen LogP contribution in [0.5, 0.6) is 0 Å². The zero-order chi connectivity index (χ0) is 16.9. The second-order valence-corrected chi connectivity index (χ2v) is 7.06. The smallest absolute Gasteiger partial charge is 0.226 e. The Balaban J connectivity index is 1.70. The van der Waals surface area contributed by atoms with Gasteiger partial charge in [0.25, 0.3) is 0 Å². The standard InChI is InChI=1S/C18H23N3O2S/c1-13-2-6-19-11-16(13)20-18(23)10-17(14-5-9-24-12-14)21-7-3-15(22)4-8-21/h2,5-6,9,11-12,15,17,22H,3-4,7-8,10H2,1H3,(H,20,23). The molecular formula is C18H23N3O2S. The summed E-state index contributed by atoms with van der Waals surface area (Å²) in [6, 6.07) is 4.03. The largest absolute Gasteiger partial charge is 0.393 e. The zero-order valence-electron chi connectivity index (χ0n) is 13.8. The molecule has 0 spiro atoms. The third-order valence-corrected chi connectivity index (χ3v) is 5.26. The number of hydrogen-bond acceptors (Lipinski definition) is 5. The average molecular weight is 345 g/mol. The summed E-state index contributed by atoms with van der Waals surface area (Å²) in [4.78, 5) is 19.0. The summed E-state index contributed by atoms with van der Waals surface area (Å²) >= 11 is 1.65. The van der Waals surface area contributed by atoms with E-state index in [9.17, 15) is 9.90 Å². The molecule has 6 heteroatoms. The van der Waals surface area contributed by atoms with Gasteiger partial charge in [0.2, 0.25) is 5.91 Å². The number of carbonyl (C=O) groups is 1. The van der Waals surface area contributed by atoms with Gasteiger partial charge in [0.05, 0.1) is 18.0 Å². The molecule has 2 aromatic rings. The number of aliphatic hydroxyl groups excluding tert-OH is 1. The van der Waals surface area contributed by atoms with E-state index in [0.717, 1.165) is 37.2 Å². The summed E-state index contributed by atoms with van der Waals surface area (Å²) < 4.78 is 0. The van der Waals surface area contributed by atoms with Gasteiger partial charge in [-0.1, -0.05) is 0 Å². The number of aromatic nitrogens is 1. The van der Waals surface area contributed by atoms with Gasteiger partial charge in [0, 0.05) is 31.7 Å². The molecule has 1 amide bonds. The van der Waals surface area contributed by atoms with Crippen molar-refractivity contribution in [3.05, 3.63) is 46.4 Å². The fourth-order valence-corrected chi connectivity index (χ4v) is 3.80. The molecule has 1 fully saturated rings. The van der Waals surface area contributed by atoms with E-state index in [-0.39, 0.29) is 18.1 Å². The molecule has 0 radical (unpaired) electrons. The number of piperidine rings is 1. The summed E-state index contributed by atoms with van der Waals surface area (Å²) in [6.07, 6.45) is 5.13. The highest BCUT2D eigenvalue weighted by Crippen LogP contribution is 2.29. The van der Waals surface area contributed by atoms with Crippen molar-refractivity contribution in [3.8, 4) is 0 Å². The van der Waals surface area contributed by atoms with Crippen molar-refractivity contribution in [1.29, 1.82) is 0 Å². The fraction of sp³-hybridized carbons (Fsp3) is 0.444. The van der Waals surface area contributed by atoms with Crippen LogP contribution in [0.3, 0.4) is 0 Å². The maximum atomic E-state index is 12.6. The lowest BCUT2D eigenvalue weighted by atomic mass is 10.00. The molecule has 1 atom stereocenters. The van der Waals surface area contributed by atoms with Crippen LogP contribution < -0.4 is 5.32 Å². The molecule has 1 saturated heterocycles. The number of aliphatic hydroxyl groups is 1. The number of amides is 1. The number of hydrogen-bond donors (Lipinski definition) is 2. The summed E-state index contributed by atoms with van der Waals surface area (Å²) in [7, 11) is 0. The van der Waals surface area contributed by atoms with Crippen LogP contribution in [0.25, 0.3) is 0 Å². The third-order valence-electron chi connectivity index (χ3n) is 4.56. The van der Waals surface area contributed by atoms with Gasteiger partial charge in [-0.15, -0.1) is 0 Å². The summed E-state index contributed by atoms with van der Waals surface area (Å²) in [5, 5.41) is 16.9. The molecule has 0 saturated carbocycles. The van der Waals surface area contributed by atoms with Crippen LogP contribution in [0.2, 0.25) is 0 Å². The van der Waals surface area contributed by atoms with E-state index in [0.29, 0.717) is 6.42 Å². The number of nitrogens with zero attached hydrogens (tertiary/aromatic N) is 2. The highest BCUT2D eigenvalue weighted by molar-refractivity contribution is 7.08. The van der Waals surface area contributed by atoms with Gasteiger partial charge in [-0.2, -0.15) is 11.3 Å². The van der Waals surface area contributed by atoms with Crippen molar-refractivity contribution >= 4 is 22.9 Å². The van der Waals surface area contributed by atoms with Gasteiger partial charge in [0.1, 0.15) is 0 Å². The monoisotopic (exact) mass is 345 g/mol. The van der Waals surface area contributed by atoms with E-state index in [1.807, 2.05) is 18.4 Å². The van der Waals surface area contributed by atoms with E-state index in [2.05, 4.69) is 26.6 Å². The summed E-state index contributed by atoms with van der Waals surface area (Å²) in [5.41, 5.74) is 2.95.